The van der Waals surface area contributed by atoms with Crippen LogP contribution in [0.1, 0.15) is 53.7 Å². The summed E-state index contributed by atoms with van der Waals surface area (Å²) in [5.74, 6) is 0.139. The van der Waals surface area contributed by atoms with Crippen molar-refractivity contribution in [3.05, 3.63) is 53.1 Å². The summed E-state index contributed by atoms with van der Waals surface area (Å²) < 4.78 is 13.7. The molecule has 1 aromatic heterocycles. The van der Waals surface area contributed by atoms with E-state index in [9.17, 15) is 9.18 Å². The molecule has 0 spiro atoms. The predicted octanol–water partition coefficient (Wildman–Crippen LogP) is 3.94. The molecule has 0 bridgehead atoms. The first kappa shape index (κ1) is 18.3. The molecule has 1 aliphatic rings. The van der Waals surface area contributed by atoms with Crippen LogP contribution in [0.2, 0.25) is 0 Å². The molecule has 26 heavy (non-hydrogen) atoms. The zero-order chi connectivity index (χ0) is 18.4. The van der Waals surface area contributed by atoms with E-state index in [1.165, 1.54) is 25.3 Å². The molecule has 0 atom stereocenters. The number of carbonyl (C=O) groups is 1. The Hall–Kier alpha value is -2.50. The second-order valence-corrected chi connectivity index (χ2v) is 6.70. The highest BCUT2D eigenvalue weighted by Gasteiger charge is 2.19. The summed E-state index contributed by atoms with van der Waals surface area (Å²) in [5, 5.41) is 3.02. The maximum atomic E-state index is 13.7. The van der Waals surface area contributed by atoms with E-state index in [0.29, 0.717) is 29.3 Å². The fraction of sp³-hybridized carbons (Fsp3) is 0.450. The lowest BCUT2D eigenvalue weighted by Gasteiger charge is -2.25. The van der Waals surface area contributed by atoms with E-state index >= 15 is 0 Å². The van der Waals surface area contributed by atoms with Crippen LogP contribution in [0, 0.1) is 12.7 Å². The first-order valence-electron chi connectivity index (χ1n) is 9.25. The van der Waals surface area contributed by atoms with Crippen LogP contribution in [0.3, 0.4) is 0 Å². The van der Waals surface area contributed by atoms with E-state index in [-0.39, 0.29) is 11.7 Å². The van der Waals surface area contributed by atoms with Gasteiger partial charge >= 0.3 is 0 Å². The van der Waals surface area contributed by atoms with Gasteiger partial charge < -0.3 is 10.2 Å². The first-order valence-corrected chi connectivity index (χ1v) is 9.25. The summed E-state index contributed by atoms with van der Waals surface area (Å²) in [7, 11) is 0. The van der Waals surface area contributed by atoms with Crippen molar-refractivity contribution < 1.29 is 9.18 Å². The fourth-order valence-corrected chi connectivity index (χ4v) is 3.20. The molecule has 138 valence electrons. The third kappa shape index (κ3) is 4.56. The lowest BCUT2D eigenvalue weighted by atomic mass is 10.1. The summed E-state index contributed by atoms with van der Waals surface area (Å²) in [4.78, 5) is 23.3. The van der Waals surface area contributed by atoms with Gasteiger partial charge in [0.1, 0.15) is 5.82 Å². The Bertz CT molecular complexity index is 757. The Morgan fingerprint density at radius 2 is 1.85 bits per heavy atom. The van der Waals surface area contributed by atoms with E-state index in [2.05, 4.69) is 15.3 Å². The van der Waals surface area contributed by atoms with Crippen LogP contribution in [-0.4, -0.2) is 33.9 Å². The highest BCUT2D eigenvalue weighted by atomic mass is 19.1. The number of hydrogen-bond donors (Lipinski definition) is 1. The number of rotatable bonds is 4. The van der Waals surface area contributed by atoms with E-state index in [1.54, 1.807) is 24.4 Å². The van der Waals surface area contributed by atoms with Gasteiger partial charge in [0.05, 0.1) is 11.3 Å². The number of aromatic nitrogens is 2. The number of amides is 1. The molecule has 1 saturated heterocycles. The summed E-state index contributed by atoms with van der Waals surface area (Å²) >= 11 is 0. The minimum atomic E-state index is -0.263. The molecule has 0 radical (unpaired) electrons. The molecule has 3 rings (SSSR count). The van der Waals surface area contributed by atoms with Crippen molar-refractivity contribution in [3.8, 4) is 0 Å². The lowest BCUT2D eigenvalue weighted by Crippen LogP contribution is -2.34. The lowest BCUT2D eigenvalue weighted by molar-refractivity contribution is 0.0740. The SMILES string of the molecule is Cc1nc(NCc2ccccc2F)ncc1C(=O)N1CCCCCCC1. The smallest absolute Gasteiger partial charge is 0.257 e. The van der Waals surface area contributed by atoms with Crippen LogP contribution in [0.15, 0.2) is 30.5 Å². The van der Waals surface area contributed by atoms with Crippen LogP contribution >= 0.6 is 0 Å². The molecule has 0 saturated carbocycles. The molecule has 2 heterocycles. The van der Waals surface area contributed by atoms with Crippen LogP contribution in [-0.2, 0) is 6.54 Å². The van der Waals surface area contributed by atoms with Gasteiger partial charge in [0, 0.05) is 31.4 Å². The van der Waals surface area contributed by atoms with E-state index in [1.807, 2.05) is 11.8 Å². The topological polar surface area (TPSA) is 58.1 Å². The highest BCUT2D eigenvalue weighted by Crippen LogP contribution is 2.16. The minimum Gasteiger partial charge on any atom is -0.350 e. The molecule has 1 fully saturated rings. The van der Waals surface area contributed by atoms with Gasteiger partial charge in [-0.25, -0.2) is 14.4 Å². The molecular formula is C20H25FN4O. The van der Waals surface area contributed by atoms with Crippen molar-refractivity contribution in [3.63, 3.8) is 0 Å². The van der Waals surface area contributed by atoms with Crippen molar-refractivity contribution in [2.24, 2.45) is 0 Å². The zero-order valence-corrected chi connectivity index (χ0v) is 15.2. The maximum absolute atomic E-state index is 13.7. The monoisotopic (exact) mass is 356 g/mol. The maximum Gasteiger partial charge on any atom is 0.257 e. The number of carbonyl (C=O) groups excluding carboxylic acids is 1. The van der Waals surface area contributed by atoms with Gasteiger partial charge in [-0.15, -0.1) is 0 Å². The minimum absolute atomic E-state index is 0.00468. The summed E-state index contributed by atoms with van der Waals surface area (Å²) in [6, 6.07) is 6.59. The Morgan fingerprint density at radius 3 is 2.54 bits per heavy atom. The fourth-order valence-electron chi connectivity index (χ4n) is 3.20. The number of anilines is 1. The molecule has 6 heteroatoms. The predicted molar refractivity (Wildman–Crippen MR) is 99.5 cm³/mol. The molecule has 2 aromatic rings. The molecule has 0 unspecified atom stereocenters. The third-order valence-corrected chi connectivity index (χ3v) is 4.75. The number of aryl methyl sites for hydroxylation is 1. The van der Waals surface area contributed by atoms with Crippen molar-refractivity contribution in [2.75, 3.05) is 18.4 Å². The van der Waals surface area contributed by atoms with E-state index < -0.39 is 0 Å². The van der Waals surface area contributed by atoms with Gasteiger partial charge in [-0.05, 0) is 25.8 Å². The van der Waals surface area contributed by atoms with Crippen molar-refractivity contribution >= 4 is 11.9 Å². The normalized spacial score (nSPS) is 15.2. The Balaban J connectivity index is 1.66. The Labute approximate surface area is 153 Å². The molecule has 0 aliphatic carbocycles. The van der Waals surface area contributed by atoms with Crippen LogP contribution < -0.4 is 5.32 Å². The standard InChI is InChI=1S/C20H25FN4O/c1-15-17(19(26)25-11-7-3-2-4-8-12-25)14-23-20(24-15)22-13-16-9-5-6-10-18(16)21/h5-6,9-10,14H,2-4,7-8,11-13H2,1H3,(H,22,23,24). The van der Waals surface area contributed by atoms with Crippen LogP contribution in [0.25, 0.3) is 0 Å². The summed E-state index contributed by atoms with van der Waals surface area (Å²) in [6.45, 7) is 3.70. The molecular weight excluding hydrogens is 331 g/mol. The van der Waals surface area contributed by atoms with Gasteiger partial charge in [0.2, 0.25) is 5.95 Å². The molecule has 1 aromatic carbocycles. The largest absolute Gasteiger partial charge is 0.350 e. The van der Waals surface area contributed by atoms with Crippen molar-refractivity contribution in [2.45, 2.75) is 45.6 Å². The quantitative estimate of drug-likeness (QED) is 0.901. The van der Waals surface area contributed by atoms with Gasteiger partial charge in [-0.1, -0.05) is 37.5 Å². The average molecular weight is 356 g/mol. The number of benzene rings is 1. The highest BCUT2D eigenvalue weighted by molar-refractivity contribution is 5.95. The van der Waals surface area contributed by atoms with Gasteiger partial charge in [-0.3, -0.25) is 4.79 Å². The second-order valence-electron chi connectivity index (χ2n) is 6.70. The van der Waals surface area contributed by atoms with E-state index in [4.69, 9.17) is 0 Å². The number of nitrogens with one attached hydrogen (secondary N) is 1. The number of hydrogen-bond acceptors (Lipinski definition) is 4. The third-order valence-electron chi connectivity index (χ3n) is 4.75. The van der Waals surface area contributed by atoms with Crippen molar-refractivity contribution in [1.29, 1.82) is 0 Å². The molecule has 1 amide bonds. The van der Waals surface area contributed by atoms with Gasteiger partial charge in [0.25, 0.3) is 5.91 Å². The average Bonchev–Trinajstić information content (AvgIpc) is 2.60. The summed E-state index contributed by atoms with van der Waals surface area (Å²) in [6.07, 6.45) is 7.29. The molecule has 5 nitrogen and oxygen atoms in total. The summed E-state index contributed by atoms with van der Waals surface area (Å²) in [5.41, 5.74) is 1.74. The molecule has 1 aliphatic heterocycles. The Morgan fingerprint density at radius 1 is 1.15 bits per heavy atom. The number of halogens is 1. The number of likely N-dealkylation sites (tertiary alicyclic amines) is 1. The van der Waals surface area contributed by atoms with Crippen LogP contribution in [0.4, 0.5) is 10.3 Å². The van der Waals surface area contributed by atoms with Crippen molar-refractivity contribution in [1.82, 2.24) is 14.9 Å². The number of nitrogens with zero attached hydrogens (tertiary/aromatic N) is 3. The zero-order valence-electron chi connectivity index (χ0n) is 15.2. The van der Waals surface area contributed by atoms with Crippen LogP contribution in [0.5, 0.6) is 0 Å². The Kier molecular flexibility index (Phi) is 6.15. The van der Waals surface area contributed by atoms with Gasteiger partial charge in [-0.2, -0.15) is 0 Å². The van der Waals surface area contributed by atoms with Gasteiger partial charge in [0.15, 0.2) is 0 Å². The van der Waals surface area contributed by atoms with E-state index in [0.717, 1.165) is 25.9 Å². The second kappa shape index (κ2) is 8.74. The first-order chi connectivity index (χ1) is 12.6. The molecule has 1 N–H and O–H groups in total.